The second kappa shape index (κ2) is 5.51. The number of aromatic nitrogens is 1. The lowest BCUT2D eigenvalue weighted by atomic mass is 10.2. The summed E-state index contributed by atoms with van der Waals surface area (Å²) in [6.07, 6.45) is 0. The van der Waals surface area contributed by atoms with E-state index in [-0.39, 0.29) is 24.4 Å². The molecule has 1 aliphatic heterocycles. The first kappa shape index (κ1) is 14.0. The van der Waals surface area contributed by atoms with Gasteiger partial charge in [-0.1, -0.05) is 0 Å². The molecule has 1 N–H and O–H groups in total. The molecule has 0 spiro atoms. The monoisotopic (exact) mass is 259 g/mol. The first-order valence-electron chi connectivity index (χ1n) is 5.55. The van der Waals surface area contributed by atoms with Gasteiger partial charge in [0.05, 0.1) is 5.69 Å². The van der Waals surface area contributed by atoms with Gasteiger partial charge in [0.15, 0.2) is 5.89 Å². The van der Waals surface area contributed by atoms with Crippen LogP contribution in [0.2, 0.25) is 0 Å². The number of rotatable bonds is 1. The minimum absolute atomic E-state index is 0. The topological polar surface area (TPSA) is 58.4 Å². The molecule has 1 aromatic rings. The molecule has 0 radical (unpaired) electrons. The fourth-order valence-corrected chi connectivity index (χ4v) is 2.00. The van der Waals surface area contributed by atoms with Gasteiger partial charge in [0.25, 0.3) is 5.91 Å². The number of nitrogens with one attached hydrogen (secondary N) is 1. The van der Waals surface area contributed by atoms with E-state index in [2.05, 4.69) is 10.3 Å². The summed E-state index contributed by atoms with van der Waals surface area (Å²) in [6.45, 7) is 7.98. The molecule has 0 saturated carbocycles. The Morgan fingerprint density at radius 2 is 2.24 bits per heavy atom. The van der Waals surface area contributed by atoms with Crippen molar-refractivity contribution < 1.29 is 9.21 Å². The Morgan fingerprint density at radius 3 is 2.76 bits per heavy atom. The molecular formula is C11H18ClN3O2. The molecular weight excluding hydrogens is 242 g/mol. The van der Waals surface area contributed by atoms with Crippen LogP contribution in [0.3, 0.4) is 0 Å². The van der Waals surface area contributed by atoms with Crippen LogP contribution in [-0.4, -0.2) is 41.5 Å². The minimum Gasteiger partial charge on any atom is -0.436 e. The quantitative estimate of drug-likeness (QED) is 0.822. The van der Waals surface area contributed by atoms with Gasteiger partial charge in [0.1, 0.15) is 0 Å². The highest BCUT2D eigenvalue weighted by Gasteiger charge is 2.27. The number of oxazole rings is 1. The summed E-state index contributed by atoms with van der Waals surface area (Å²) in [4.78, 5) is 18.2. The van der Waals surface area contributed by atoms with Crippen LogP contribution >= 0.6 is 12.4 Å². The van der Waals surface area contributed by atoms with Crippen LogP contribution < -0.4 is 5.32 Å². The molecule has 1 aromatic heterocycles. The number of aryl methyl sites for hydroxylation is 2. The van der Waals surface area contributed by atoms with Gasteiger partial charge in [-0.3, -0.25) is 4.79 Å². The Balaban J connectivity index is 0.00000144. The Morgan fingerprint density at radius 1 is 1.53 bits per heavy atom. The molecule has 17 heavy (non-hydrogen) atoms. The van der Waals surface area contributed by atoms with E-state index in [0.717, 1.165) is 19.6 Å². The molecule has 2 heterocycles. The molecule has 96 valence electrons. The molecule has 1 fully saturated rings. The summed E-state index contributed by atoms with van der Waals surface area (Å²) in [5.74, 6) is 0.877. The average molecular weight is 260 g/mol. The second-order valence-electron chi connectivity index (χ2n) is 4.20. The summed E-state index contributed by atoms with van der Waals surface area (Å²) < 4.78 is 5.35. The van der Waals surface area contributed by atoms with Crippen molar-refractivity contribution in [2.24, 2.45) is 0 Å². The highest BCUT2D eigenvalue weighted by atomic mass is 35.5. The lowest BCUT2D eigenvalue weighted by Gasteiger charge is -2.33. The number of amides is 1. The van der Waals surface area contributed by atoms with E-state index in [1.54, 1.807) is 13.8 Å². The van der Waals surface area contributed by atoms with Crippen LogP contribution in [-0.2, 0) is 0 Å². The maximum absolute atomic E-state index is 12.2. The molecule has 0 bridgehead atoms. The van der Waals surface area contributed by atoms with Gasteiger partial charge in [0.2, 0.25) is 5.76 Å². The minimum atomic E-state index is -0.0490. The molecule has 2 rings (SSSR count). The van der Waals surface area contributed by atoms with E-state index in [1.165, 1.54) is 0 Å². The fourth-order valence-electron chi connectivity index (χ4n) is 2.00. The van der Waals surface area contributed by atoms with Crippen LogP contribution in [0, 0.1) is 13.8 Å². The molecule has 1 amide bonds. The summed E-state index contributed by atoms with van der Waals surface area (Å²) in [7, 11) is 0. The Kier molecular flexibility index (Phi) is 4.54. The van der Waals surface area contributed by atoms with E-state index < -0.39 is 0 Å². The zero-order chi connectivity index (χ0) is 11.7. The van der Waals surface area contributed by atoms with Gasteiger partial charge >= 0.3 is 0 Å². The molecule has 1 saturated heterocycles. The second-order valence-corrected chi connectivity index (χ2v) is 4.20. The Hall–Kier alpha value is -1.07. The van der Waals surface area contributed by atoms with Crippen LogP contribution in [0.5, 0.6) is 0 Å². The van der Waals surface area contributed by atoms with Crippen molar-refractivity contribution in [3.8, 4) is 0 Å². The van der Waals surface area contributed by atoms with Crippen LogP contribution in [0.15, 0.2) is 4.42 Å². The average Bonchev–Trinajstić information content (AvgIpc) is 2.58. The summed E-state index contributed by atoms with van der Waals surface area (Å²) >= 11 is 0. The Bertz CT molecular complexity index is 405. The molecule has 6 heteroatoms. The number of hydrogen-bond donors (Lipinski definition) is 1. The van der Waals surface area contributed by atoms with Gasteiger partial charge in [-0.25, -0.2) is 4.98 Å². The highest BCUT2D eigenvalue weighted by Crippen LogP contribution is 2.15. The number of piperazine rings is 1. The van der Waals surface area contributed by atoms with E-state index in [0.29, 0.717) is 17.3 Å². The lowest BCUT2D eigenvalue weighted by molar-refractivity contribution is 0.0620. The van der Waals surface area contributed by atoms with Crippen molar-refractivity contribution in [1.29, 1.82) is 0 Å². The SMILES string of the molecule is Cc1nc(C)c(C(=O)N2CCNC[C@H]2C)o1.Cl. The maximum atomic E-state index is 12.2. The van der Waals surface area contributed by atoms with Gasteiger partial charge in [-0.2, -0.15) is 0 Å². The summed E-state index contributed by atoms with van der Waals surface area (Å²) in [5, 5.41) is 3.25. The molecule has 1 aliphatic rings. The number of nitrogens with zero attached hydrogens (tertiary/aromatic N) is 2. The zero-order valence-corrected chi connectivity index (χ0v) is 11.1. The standard InChI is InChI=1S/C11H17N3O2.ClH/c1-7-6-12-4-5-14(7)11(15)10-8(2)13-9(3)16-10;/h7,12H,4-6H2,1-3H3;1H/t7-;/m1./s1. The predicted molar refractivity (Wildman–Crippen MR) is 66.6 cm³/mol. The van der Waals surface area contributed by atoms with Crippen molar-refractivity contribution in [2.75, 3.05) is 19.6 Å². The lowest BCUT2D eigenvalue weighted by Crippen LogP contribution is -2.52. The number of halogens is 1. The molecule has 0 aliphatic carbocycles. The van der Waals surface area contributed by atoms with Crippen molar-refractivity contribution in [1.82, 2.24) is 15.2 Å². The summed E-state index contributed by atoms with van der Waals surface area (Å²) in [5.41, 5.74) is 0.674. The number of carbonyl (C=O) groups excluding carboxylic acids is 1. The number of carbonyl (C=O) groups is 1. The van der Waals surface area contributed by atoms with Crippen molar-refractivity contribution >= 4 is 18.3 Å². The zero-order valence-electron chi connectivity index (χ0n) is 10.3. The smallest absolute Gasteiger partial charge is 0.291 e. The van der Waals surface area contributed by atoms with Crippen molar-refractivity contribution in [3.05, 3.63) is 17.3 Å². The molecule has 0 aromatic carbocycles. The van der Waals surface area contributed by atoms with Gasteiger partial charge < -0.3 is 14.6 Å². The van der Waals surface area contributed by atoms with Gasteiger partial charge in [0, 0.05) is 32.6 Å². The van der Waals surface area contributed by atoms with Crippen LogP contribution in [0.4, 0.5) is 0 Å². The first-order valence-corrected chi connectivity index (χ1v) is 5.55. The van der Waals surface area contributed by atoms with Gasteiger partial charge in [-0.05, 0) is 13.8 Å². The number of hydrogen-bond acceptors (Lipinski definition) is 4. The van der Waals surface area contributed by atoms with Crippen LogP contribution in [0.25, 0.3) is 0 Å². The van der Waals surface area contributed by atoms with Crippen LogP contribution in [0.1, 0.15) is 29.1 Å². The first-order chi connectivity index (χ1) is 7.59. The Labute approximate surface area is 107 Å². The highest BCUT2D eigenvalue weighted by molar-refractivity contribution is 5.92. The molecule has 1 atom stereocenters. The largest absolute Gasteiger partial charge is 0.436 e. The van der Waals surface area contributed by atoms with Gasteiger partial charge in [-0.15, -0.1) is 12.4 Å². The van der Waals surface area contributed by atoms with E-state index in [4.69, 9.17) is 4.42 Å². The van der Waals surface area contributed by atoms with Crippen molar-refractivity contribution in [2.45, 2.75) is 26.8 Å². The maximum Gasteiger partial charge on any atom is 0.291 e. The predicted octanol–water partition coefficient (Wildman–Crippen LogP) is 1.15. The third kappa shape index (κ3) is 2.79. The van der Waals surface area contributed by atoms with Crippen molar-refractivity contribution in [3.63, 3.8) is 0 Å². The van der Waals surface area contributed by atoms with E-state index in [1.807, 2.05) is 11.8 Å². The normalized spacial score (nSPS) is 19.9. The van der Waals surface area contributed by atoms with E-state index in [9.17, 15) is 4.79 Å². The molecule has 0 unspecified atom stereocenters. The molecule has 5 nitrogen and oxygen atoms in total. The third-order valence-corrected chi connectivity index (χ3v) is 2.86. The summed E-state index contributed by atoms with van der Waals surface area (Å²) in [6, 6.07) is 0.200. The fraction of sp³-hybridized carbons (Fsp3) is 0.636. The van der Waals surface area contributed by atoms with E-state index >= 15 is 0 Å². The third-order valence-electron chi connectivity index (χ3n) is 2.86.